The van der Waals surface area contributed by atoms with E-state index in [9.17, 15) is 9.59 Å². The summed E-state index contributed by atoms with van der Waals surface area (Å²) in [4.78, 5) is 29.3. The van der Waals surface area contributed by atoms with Crippen molar-refractivity contribution in [2.45, 2.75) is 6.92 Å². The van der Waals surface area contributed by atoms with Gasteiger partial charge in [0.2, 0.25) is 0 Å². The van der Waals surface area contributed by atoms with Gasteiger partial charge in [0, 0.05) is 11.1 Å². The van der Waals surface area contributed by atoms with Gasteiger partial charge in [-0.15, -0.1) is 5.10 Å². The van der Waals surface area contributed by atoms with Gasteiger partial charge < -0.3 is 9.47 Å². The number of carbonyl (C=O) groups excluding carboxylic acids is 2. The summed E-state index contributed by atoms with van der Waals surface area (Å²) in [6.45, 7) is 1.58. The molecule has 4 aromatic rings. The van der Waals surface area contributed by atoms with Crippen LogP contribution in [0.4, 0.5) is 0 Å². The number of methoxy groups -OCH3 is 1. The third-order valence-electron chi connectivity index (χ3n) is 4.81. The number of benzene rings is 3. The highest BCUT2D eigenvalue weighted by molar-refractivity contribution is 5.98. The summed E-state index contributed by atoms with van der Waals surface area (Å²) in [5.74, 6) is -0.00805. The molecule has 0 radical (unpaired) electrons. The van der Waals surface area contributed by atoms with Crippen LogP contribution in [0.15, 0.2) is 78.9 Å². The van der Waals surface area contributed by atoms with Crippen LogP contribution in [0.25, 0.3) is 17.1 Å². The molecule has 1 heterocycles. The van der Waals surface area contributed by atoms with Gasteiger partial charge in [-0.25, -0.2) is 14.5 Å². The number of hydrogen-bond acceptors (Lipinski definition) is 6. The third-order valence-corrected chi connectivity index (χ3v) is 4.81. The molecule has 0 spiro atoms. The van der Waals surface area contributed by atoms with Gasteiger partial charge in [0.1, 0.15) is 5.75 Å². The molecule has 1 aromatic heterocycles. The second-order valence-corrected chi connectivity index (χ2v) is 7.10. The van der Waals surface area contributed by atoms with Crippen molar-refractivity contribution in [2.24, 2.45) is 0 Å². The van der Waals surface area contributed by atoms with Crippen LogP contribution in [0.2, 0.25) is 0 Å². The van der Waals surface area contributed by atoms with E-state index in [0.29, 0.717) is 22.8 Å². The zero-order valence-electron chi connectivity index (χ0n) is 17.7. The monoisotopic (exact) mass is 427 g/mol. The lowest BCUT2D eigenvalue weighted by atomic mass is 10.1. The molecule has 0 atom stereocenters. The van der Waals surface area contributed by atoms with Crippen molar-refractivity contribution in [3.63, 3.8) is 0 Å². The quantitative estimate of drug-likeness (QED) is 0.323. The number of hydrogen-bond donors (Lipinski definition) is 0. The standard InChI is InChI=1S/C25H21N3O4/c1-17-7-6-10-19(15-17)24-26-23(27-28(24)20-11-13-21(31-2)14-12-20)25(30)32-16-22(29)18-8-4-3-5-9-18/h3-15H,16H2,1-2H3. The highest BCUT2D eigenvalue weighted by Crippen LogP contribution is 2.24. The van der Waals surface area contributed by atoms with Crippen LogP contribution in [-0.2, 0) is 4.74 Å². The lowest BCUT2D eigenvalue weighted by Crippen LogP contribution is -2.15. The molecule has 0 bridgehead atoms. The Balaban J connectivity index is 1.63. The van der Waals surface area contributed by atoms with Gasteiger partial charge in [0.25, 0.3) is 5.82 Å². The highest BCUT2D eigenvalue weighted by Gasteiger charge is 2.21. The summed E-state index contributed by atoms with van der Waals surface area (Å²) >= 11 is 0. The minimum absolute atomic E-state index is 0.127. The average Bonchev–Trinajstić information content (AvgIpc) is 3.28. The number of ketones is 1. The first-order valence-electron chi connectivity index (χ1n) is 9.99. The number of ether oxygens (including phenoxy) is 2. The van der Waals surface area contributed by atoms with Crippen molar-refractivity contribution in [1.82, 2.24) is 14.8 Å². The molecular weight excluding hydrogens is 406 g/mol. The van der Waals surface area contributed by atoms with E-state index in [0.717, 1.165) is 11.1 Å². The Morgan fingerprint density at radius 1 is 0.938 bits per heavy atom. The second-order valence-electron chi connectivity index (χ2n) is 7.10. The van der Waals surface area contributed by atoms with Gasteiger partial charge >= 0.3 is 5.97 Å². The van der Waals surface area contributed by atoms with Crippen LogP contribution >= 0.6 is 0 Å². The van der Waals surface area contributed by atoms with Crippen LogP contribution in [0.3, 0.4) is 0 Å². The summed E-state index contributed by atoms with van der Waals surface area (Å²) in [6, 6.07) is 23.6. The van der Waals surface area contributed by atoms with Crippen molar-refractivity contribution in [2.75, 3.05) is 13.7 Å². The lowest BCUT2D eigenvalue weighted by molar-refractivity contribution is 0.0462. The smallest absolute Gasteiger partial charge is 0.378 e. The minimum atomic E-state index is -0.768. The first-order valence-corrected chi connectivity index (χ1v) is 9.99. The van der Waals surface area contributed by atoms with Gasteiger partial charge in [-0.05, 0) is 37.3 Å². The molecule has 0 aliphatic carbocycles. The summed E-state index contributed by atoms with van der Waals surface area (Å²) in [5, 5.41) is 4.37. The molecule has 32 heavy (non-hydrogen) atoms. The Bertz CT molecular complexity index is 1250. The SMILES string of the molecule is COc1ccc(-n2nc(C(=O)OCC(=O)c3ccccc3)nc2-c2cccc(C)c2)cc1. The molecule has 7 heteroatoms. The Morgan fingerprint density at radius 2 is 1.69 bits per heavy atom. The number of rotatable bonds is 7. The van der Waals surface area contributed by atoms with Crippen molar-refractivity contribution in [1.29, 1.82) is 0 Å². The van der Waals surface area contributed by atoms with E-state index in [-0.39, 0.29) is 18.2 Å². The van der Waals surface area contributed by atoms with Gasteiger partial charge in [-0.2, -0.15) is 0 Å². The van der Waals surface area contributed by atoms with Crippen molar-refractivity contribution in [3.8, 4) is 22.8 Å². The summed E-state index contributed by atoms with van der Waals surface area (Å²) in [7, 11) is 1.59. The van der Waals surface area contributed by atoms with Gasteiger partial charge in [-0.1, -0.05) is 54.1 Å². The molecule has 0 N–H and O–H groups in total. The predicted molar refractivity (Wildman–Crippen MR) is 119 cm³/mol. The fraction of sp³-hybridized carbons (Fsp3) is 0.120. The first-order chi connectivity index (χ1) is 15.5. The predicted octanol–water partition coefficient (Wildman–Crippen LogP) is 4.29. The van der Waals surface area contributed by atoms with Crippen LogP contribution in [0, 0.1) is 6.92 Å². The maximum Gasteiger partial charge on any atom is 0.378 e. The van der Waals surface area contributed by atoms with Crippen LogP contribution < -0.4 is 4.74 Å². The van der Waals surface area contributed by atoms with Crippen LogP contribution in [-0.4, -0.2) is 40.2 Å². The topological polar surface area (TPSA) is 83.3 Å². The average molecular weight is 427 g/mol. The van der Waals surface area contributed by atoms with Gasteiger partial charge in [0.15, 0.2) is 18.2 Å². The number of Topliss-reactive ketones (excluding diaryl/α,β-unsaturated/α-hetero) is 1. The van der Waals surface area contributed by atoms with E-state index in [4.69, 9.17) is 9.47 Å². The Kier molecular flexibility index (Phi) is 6.07. The van der Waals surface area contributed by atoms with Crippen LogP contribution in [0.5, 0.6) is 5.75 Å². The summed E-state index contributed by atoms with van der Waals surface area (Å²) in [6.07, 6.45) is 0. The van der Waals surface area contributed by atoms with E-state index in [1.807, 2.05) is 49.4 Å². The number of carbonyl (C=O) groups is 2. The van der Waals surface area contributed by atoms with Gasteiger partial charge in [-0.3, -0.25) is 4.79 Å². The Morgan fingerprint density at radius 3 is 2.38 bits per heavy atom. The second kappa shape index (κ2) is 9.26. The maximum atomic E-state index is 12.6. The molecule has 0 unspecified atom stereocenters. The number of aryl methyl sites for hydroxylation is 1. The normalized spacial score (nSPS) is 10.6. The molecule has 3 aromatic carbocycles. The van der Waals surface area contributed by atoms with E-state index in [1.54, 1.807) is 48.2 Å². The van der Waals surface area contributed by atoms with E-state index < -0.39 is 5.97 Å². The van der Waals surface area contributed by atoms with E-state index >= 15 is 0 Å². The van der Waals surface area contributed by atoms with Crippen molar-refractivity contribution in [3.05, 3.63) is 95.8 Å². The lowest BCUT2D eigenvalue weighted by Gasteiger charge is -2.07. The minimum Gasteiger partial charge on any atom is -0.497 e. The molecular formula is C25H21N3O4. The highest BCUT2D eigenvalue weighted by atomic mass is 16.5. The first kappa shape index (κ1) is 21.0. The van der Waals surface area contributed by atoms with E-state index in [1.165, 1.54) is 0 Å². The van der Waals surface area contributed by atoms with Crippen molar-refractivity contribution >= 4 is 11.8 Å². The molecule has 0 amide bonds. The Hall–Kier alpha value is -4.26. The Labute approximate surface area is 185 Å². The zero-order valence-corrected chi connectivity index (χ0v) is 17.7. The molecule has 160 valence electrons. The molecule has 0 aliphatic rings. The number of aromatic nitrogens is 3. The number of esters is 1. The largest absolute Gasteiger partial charge is 0.497 e. The molecule has 0 fully saturated rings. The molecule has 0 aliphatic heterocycles. The third kappa shape index (κ3) is 4.57. The molecule has 0 saturated heterocycles. The maximum absolute atomic E-state index is 12.6. The van der Waals surface area contributed by atoms with Crippen molar-refractivity contribution < 1.29 is 19.1 Å². The molecule has 0 saturated carbocycles. The van der Waals surface area contributed by atoms with Gasteiger partial charge in [0.05, 0.1) is 12.8 Å². The fourth-order valence-electron chi connectivity index (χ4n) is 3.18. The zero-order chi connectivity index (χ0) is 22.5. The van der Waals surface area contributed by atoms with E-state index in [2.05, 4.69) is 10.1 Å². The fourth-order valence-corrected chi connectivity index (χ4v) is 3.18. The molecule has 4 rings (SSSR count). The summed E-state index contributed by atoms with van der Waals surface area (Å²) in [5.41, 5.74) is 3.02. The van der Waals surface area contributed by atoms with Crippen LogP contribution in [0.1, 0.15) is 26.5 Å². The summed E-state index contributed by atoms with van der Waals surface area (Å²) < 4.78 is 12.0. The molecule has 7 nitrogen and oxygen atoms in total. The number of nitrogens with zero attached hydrogens (tertiary/aromatic N) is 3.